The fourth-order valence-corrected chi connectivity index (χ4v) is 1.74. The number of urea groups is 1. The first-order valence-corrected chi connectivity index (χ1v) is 5.71. The van der Waals surface area contributed by atoms with Gasteiger partial charge in [-0.3, -0.25) is 0 Å². The van der Waals surface area contributed by atoms with Crippen LogP contribution in [0.25, 0.3) is 0 Å². The average Bonchev–Trinajstić information content (AvgIpc) is 2.18. The highest BCUT2D eigenvalue weighted by Gasteiger charge is 2.47. The lowest BCUT2D eigenvalue weighted by molar-refractivity contribution is -0.0678. The molecule has 1 fully saturated rings. The van der Waals surface area contributed by atoms with Gasteiger partial charge in [-0.25, -0.2) is 4.79 Å². The molecule has 0 spiro atoms. The van der Waals surface area contributed by atoms with Gasteiger partial charge in [0.1, 0.15) is 0 Å². The standard InChI is InChI=1S/C11H22N2O2/c1-4-5-6-12-10(15)13-8-7-9(14)11(8,2)3/h8-9,14H,4-7H2,1-3H3,(H2,12,13,15). The molecule has 88 valence electrons. The lowest BCUT2D eigenvalue weighted by atomic mass is 9.65. The molecule has 3 N–H and O–H groups in total. The van der Waals surface area contributed by atoms with Gasteiger partial charge in [-0.05, 0) is 12.8 Å². The summed E-state index contributed by atoms with van der Waals surface area (Å²) in [5.74, 6) is 0. The van der Waals surface area contributed by atoms with Gasteiger partial charge < -0.3 is 15.7 Å². The molecule has 15 heavy (non-hydrogen) atoms. The van der Waals surface area contributed by atoms with E-state index in [-0.39, 0.29) is 23.6 Å². The van der Waals surface area contributed by atoms with Crippen LogP contribution in [-0.4, -0.2) is 29.8 Å². The molecular formula is C11H22N2O2. The molecule has 2 amide bonds. The van der Waals surface area contributed by atoms with Crippen molar-refractivity contribution in [3.05, 3.63) is 0 Å². The Morgan fingerprint density at radius 3 is 2.67 bits per heavy atom. The molecule has 2 unspecified atom stereocenters. The van der Waals surface area contributed by atoms with E-state index < -0.39 is 0 Å². The Hall–Kier alpha value is -0.770. The second-order valence-corrected chi connectivity index (χ2v) is 4.88. The second kappa shape index (κ2) is 4.84. The van der Waals surface area contributed by atoms with Gasteiger partial charge in [0.15, 0.2) is 0 Å². The van der Waals surface area contributed by atoms with E-state index in [0.29, 0.717) is 6.42 Å². The van der Waals surface area contributed by atoms with Gasteiger partial charge in [0.05, 0.1) is 6.10 Å². The quantitative estimate of drug-likeness (QED) is 0.617. The van der Waals surface area contributed by atoms with Crippen LogP contribution in [0.5, 0.6) is 0 Å². The maximum Gasteiger partial charge on any atom is 0.315 e. The van der Waals surface area contributed by atoms with Crippen LogP contribution in [0.1, 0.15) is 40.0 Å². The van der Waals surface area contributed by atoms with E-state index in [1.165, 1.54) is 0 Å². The first-order valence-electron chi connectivity index (χ1n) is 5.71. The lowest BCUT2D eigenvalue weighted by Crippen LogP contribution is -2.62. The zero-order valence-corrected chi connectivity index (χ0v) is 9.84. The molecule has 0 bridgehead atoms. The van der Waals surface area contributed by atoms with Crippen LogP contribution in [0.15, 0.2) is 0 Å². The van der Waals surface area contributed by atoms with E-state index in [4.69, 9.17) is 0 Å². The molecule has 0 aromatic heterocycles. The third-order valence-corrected chi connectivity index (χ3v) is 3.34. The van der Waals surface area contributed by atoms with E-state index in [9.17, 15) is 9.90 Å². The molecule has 0 saturated heterocycles. The average molecular weight is 214 g/mol. The van der Waals surface area contributed by atoms with E-state index in [1.54, 1.807) is 0 Å². The highest BCUT2D eigenvalue weighted by Crippen LogP contribution is 2.40. The van der Waals surface area contributed by atoms with Crippen molar-refractivity contribution in [2.24, 2.45) is 5.41 Å². The molecule has 0 radical (unpaired) electrons. The van der Waals surface area contributed by atoms with E-state index in [1.807, 2.05) is 13.8 Å². The van der Waals surface area contributed by atoms with Gasteiger partial charge in [0.2, 0.25) is 0 Å². The second-order valence-electron chi connectivity index (χ2n) is 4.88. The number of unbranched alkanes of at least 4 members (excludes halogenated alkanes) is 1. The summed E-state index contributed by atoms with van der Waals surface area (Å²) in [6, 6.07) is -0.0254. The number of nitrogens with one attached hydrogen (secondary N) is 2. The number of aliphatic hydroxyl groups excluding tert-OH is 1. The summed E-state index contributed by atoms with van der Waals surface area (Å²) in [5.41, 5.74) is -0.192. The molecule has 0 aromatic rings. The van der Waals surface area contributed by atoms with Crippen LogP contribution in [0.4, 0.5) is 4.79 Å². The van der Waals surface area contributed by atoms with Gasteiger partial charge in [-0.15, -0.1) is 0 Å². The van der Waals surface area contributed by atoms with Crippen molar-refractivity contribution in [3.8, 4) is 0 Å². The highest BCUT2D eigenvalue weighted by molar-refractivity contribution is 5.74. The number of rotatable bonds is 4. The first-order chi connectivity index (χ1) is 6.98. The number of carbonyl (C=O) groups is 1. The molecule has 1 aliphatic rings. The van der Waals surface area contributed by atoms with Crippen molar-refractivity contribution >= 4 is 6.03 Å². The van der Waals surface area contributed by atoms with Crippen LogP contribution in [0.3, 0.4) is 0 Å². The fraction of sp³-hybridized carbons (Fsp3) is 0.909. The molecule has 1 aliphatic carbocycles. The Kier molecular flexibility index (Phi) is 3.97. The molecule has 4 heteroatoms. The number of hydrogen-bond acceptors (Lipinski definition) is 2. The van der Waals surface area contributed by atoms with Crippen LogP contribution in [0, 0.1) is 5.41 Å². The van der Waals surface area contributed by atoms with Crippen LogP contribution in [-0.2, 0) is 0 Å². The molecule has 0 aliphatic heterocycles. The van der Waals surface area contributed by atoms with E-state index in [2.05, 4.69) is 17.6 Å². The summed E-state index contributed by atoms with van der Waals surface area (Å²) in [7, 11) is 0. The van der Waals surface area contributed by atoms with Crippen LogP contribution >= 0.6 is 0 Å². The Morgan fingerprint density at radius 2 is 2.20 bits per heavy atom. The SMILES string of the molecule is CCCCNC(=O)NC1CC(O)C1(C)C. The third kappa shape index (κ3) is 2.84. The molecule has 2 atom stereocenters. The number of carbonyl (C=O) groups excluding carboxylic acids is 1. The smallest absolute Gasteiger partial charge is 0.315 e. The minimum absolute atomic E-state index is 0.0918. The van der Waals surface area contributed by atoms with Crippen molar-refractivity contribution in [1.29, 1.82) is 0 Å². The normalized spacial score (nSPS) is 28.0. The van der Waals surface area contributed by atoms with Crippen LogP contribution in [0.2, 0.25) is 0 Å². The molecule has 0 aromatic carbocycles. The monoisotopic (exact) mass is 214 g/mol. The summed E-state index contributed by atoms with van der Waals surface area (Å²) in [6.07, 6.45) is 2.45. The maximum atomic E-state index is 11.4. The van der Waals surface area contributed by atoms with Gasteiger partial charge in [0.25, 0.3) is 0 Å². The zero-order chi connectivity index (χ0) is 11.5. The predicted octanol–water partition coefficient (Wildman–Crippen LogP) is 1.25. The Morgan fingerprint density at radius 1 is 1.53 bits per heavy atom. The largest absolute Gasteiger partial charge is 0.392 e. The Balaban J connectivity index is 2.22. The summed E-state index contributed by atoms with van der Waals surface area (Å²) >= 11 is 0. The Bertz CT molecular complexity index is 229. The van der Waals surface area contributed by atoms with Gasteiger partial charge in [-0.1, -0.05) is 27.2 Å². The van der Waals surface area contributed by atoms with Crippen molar-refractivity contribution in [1.82, 2.24) is 10.6 Å². The fourth-order valence-electron chi connectivity index (χ4n) is 1.74. The van der Waals surface area contributed by atoms with E-state index in [0.717, 1.165) is 19.4 Å². The Labute approximate surface area is 91.4 Å². The van der Waals surface area contributed by atoms with Crippen molar-refractivity contribution in [2.75, 3.05) is 6.54 Å². The van der Waals surface area contributed by atoms with Gasteiger partial charge in [0, 0.05) is 18.0 Å². The molecule has 1 rings (SSSR count). The minimum Gasteiger partial charge on any atom is -0.392 e. The summed E-state index contributed by atoms with van der Waals surface area (Å²) in [4.78, 5) is 11.4. The summed E-state index contributed by atoms with van der Waals surface area (Å²) in [5, 5.41) is 15.2. The van der Waals surface area contributed by atoms with Crippen molar-refractivity contribution in [3.63, 3.8) is 0 Å². The molecule has 4 nitrogen and oxygen atoms in total. The van der Waals surface area contributed by atoms with Crippen LogP contribution < -0.4 is 10.6 Å². The first kappa shape index (κ1) is 12.3. The van der Waals surface area contributed by atoms with E-state index >= 15 is 0 Å². The maximum absolute atomic E-state index is 11.4. The van der Waals surface area contributed by atoms with Crippen molar-refractivity contribution in [2.45, 2.75) is 52.2 Å². The van der Waals surface area contributed by atoms with Crippen molar-refractivity contribution < 1.29 is 9.90 Å². The number of hydrogen-bond donors (Lipinski definition) is 3. The molecular weight excluding hydrogens is 192 g/mol. The highest BCUT2D eigenvalue weighted by atomic mass is 16.3. The minimum atomic E-state index is -0.293. The van der Waals surface area contributed by atoms with Gasteiger partial charge >= 0.3 is 6.03 Å². The number of aliphatic hydroxyl groups is 1. The summed E-state index contributed by atoms with van der Waals surface area (Å²) < 4.78 is 0. The molecule has 1 saturated carbocycles. The summed E-state index contributed by atoms with van der Waals surface area (Å²) in [6.45, 7) is 6.75. The van der Waals surface area contributed by atoms with Gasteiger partial charge in [-0.2, -0.15) is 0 Å². The topological polar surface area (TPSA) is 61.4 Å². The number of amides is 2. The predicted molar refractivity (Wildman–Crippen MR) is 59.6 cm³/mol. The molecule has 0 heterocycles. The lowest BCUT2D eigenvalue weighted by Gasteiger charge is -2.49. The zero-order valence-electron chi connectivity index (χ0n) is 9.84. The third-order valence-electron chi connectivity index (χ3n) is 3.34.